The summed E-state index contributed by atoms with van der Waals surface area (Å²) < 4.78 is 5.33. The number of benzene rings is 2. The Morgan fingerprint density at radius 3 is 2.40 bits per heavy atom. The number of halogens is 1. The average molecular weight is 597 g/mol. The van der Waals surface area contributed by atoms with Gasteiger partial charge in [0.15, 0.2) is 11.4 Å². The number of anilines is 1. The van der Waals surface area contributed by atoms with Gasteiger partial charge in [-0.3, -0.25) is 19.2 Å². The number of ether oxygens (including phenoxy) is 1. The number of aryl methyl sites for hydroxylation is 1. The third-order valence-corrected chi connectivity index (χ3v) is 8.50. The Bertz CT molecular complexity index is 1610. The SMILES string of the molecule is CN(C)c1cc(CCC(=O)Oc2ccc(Cl)cc2)c(O)c2c1C[C@H]1C[C@H]3CC(=O)C(C(N)=O)=C(O)[C@@]3(O)C(=O)C1=C2O. The summed E-state index contributed by atoms with van der Waals surface area (Å²) in [5, 5.41) is 45.4. The fourth-order valence-electron chi connectivity index (χ4n) is 6.24. The first-order valence-corrected chi connectivity index (χ1v) is 13.6. The lowest BCUT2D eigenvalue weighted by atomic mass is 9.59. The van der Waals surface area contributed by atoms with E-state index in [1.807, 2.05) is 0 Å². The van der Waals surface area contributed by atoms with Gasteiger partial charge < -0.3 is 35.8 Å². The first-order chi connectivity index (χ1) is 19.7. The number of phenols is 1. The van der Waals surface area contributed by atoms with Crippen molar-refractivity contribution in [3.63, 3.8) is 0 Å². The van der Waals surface area contributed by atoms with Crippen LogP contribution in [0.25, 0.3) is 5.76 Å². The molecule has 0 unspecified atom stereocenters. The summed E-state index contributed by atoms with van der Waals surface area (Å²) in [7, 11) is 3.53. The van der Waals surface area contributed by atoms with Crippen LogP contribution >= 0.6 is 11.6 Å². The number of aliphatic hydroxyl groups excluding tert-OH is 2. The van der Waals surface area contributed by atoms with Crippen LogP contribution in [0.1, 0.15) is 36.0 Å². The number of phenolic OH excluding ortho intramolecular Hbond substituents is 1. The summed E-state index contributed by atoms with van der Waals surface area (Å²) in [4.78, 5) is 52.4. The zero-order valence-electron chi connectivity index (χ0n) is 22.8. The van der Waals surface area contributed by atoms with Crippen molar-refractivity contribution in [1.29, 1.82) is 0 Å². The van der Waals surface area contributed by atoms with E-state index in [4.69, 9.17) is 22.1 Å². The molecule has 0 heterocycles. The van der Waals surface area contributed by atoms with Crippen LogP contribution in [0.3, 0.4) is 0 Å². The largest absolute Gasteiger partial charge is 0.508 e. The van der Waals surface area contributed by atoms with Crippen LogP contribution in [0.2, 0.25) is 5.02 Å². The van der Waals surface area contributed by atoms with E-state index in [1.54, 1.807) is 49.3 Å². The van der Waals surface area contributed by atoms with Gasteiger partial charge in [0.1, 0.15) is 28.6 Å². The van der Waals surface area contributed by atoms with Gasteiger partial charge >= 0.3 is 5.97 Å². The summed E-state index contributed by atoms with van der Waals surface area (Å²) >= 11 is 5.86. The first kappa shape index (κ1) is 29.2. The molecule has 3 atom stereocenters. The van der Waals surface area contributed by atoms with Gasteiger partial charge in [0.05, 0.1) is 12.0 Å². The quantitative estimate of drug-likeness (QED) is 0.188. The molecule has 0 bridgehead atoms. The molecule has 1 amide bonds. The number of Topliss-reactive ketones (excluding diaryl/α,β-unsaturated/α-hetero) is 2. The third-order valence-electron chi connectivity index (χ3n) is 8.24. The summed E-state index contributed by atoms with van der Waals surface area (Å²) in [5.41, 5.74) is 2.96. The van der Waals surface area contributed by atoms with Gasteiger partial charge in [0.25, 0.3) is 5.91 Å². The van der Waals surface area contributed by atoms with E-state index >= 15 is 0 Å². The minimum atomic E-state index is -2.64. The Balaban J connectivity index is 1.54. The molecule has 0 aliphatic heterocycles. The zero-order valence-corrected chi connectivity index (χ0v) is 23.6. The summed E-state index contributed by atoms with van der Waals surface area (Å²) in [6.07, 6.45) is -0.265. The molecule has 1 saturated carbocycles. The lowest BCUT2D eigenvalue weighted by Gasteiger charge is -2.46. The van der Waals surface area contributed by atoms with Crippen LogP contribution < -0.4 is 15.4 Å². The second-order valence-corrected chi connectivity index (χ2v) is 11.4. The van der Waals surface area contributed by atoms with Gasteiger partial charge in [-0.25, -0.2) is 0 Å². The number of nitrogens with two attached hydrogens (primary N) is 1. The summed E-state index contributed by atoms with van der Waals surface area (Å²) in [6, 6.07) is 7.94. The molecule has 0 spiro atoms. The standard InChI is InChI=1S/C30H29ClN2O9/c1-33(2)19-11-13(3-8-21(35)42-17-6-4-16(31)5-7-17)25(36)23-18(19)10-14-9-15-12-20(34)24(29(32)40)28(39)30(15,41)27(38)22(14)26(23)37/h4-7,11,14-15,36-37,39,41H,3,8-10,12H2,1-2H3,(H2,32,40)/t14-,15+,30+/m1/s1. The topological polar surface area (TPSA) is 188 Å². The summed E-state index contributed by atoms with van der Waals surface area (Å²) in [5.74, 6) is -7.16. The fraction of sp³-hybridized carbons (Fsp3) is 0.333. The Morgan fingerprint density at radius 2 is 1.79 bits per heavy atom. The van der Waals surface area contributed by atoms with Crippen molar-refractivity contribution in [1.82, 2.24) is 0 Å². The fourth-order valence-corrected chi connectivity index (χ4v) is 6.36. The second kappa shape index (κ2) is 10.5. The third kappa shape index (κ3) is 4.58. The minimum absolute atomic E-state index is 0.0330. The minimum Gasteiger partial charge on any atom is -0.508 e. The molecule has 6 N–H and O–H groups in total. The number of nitrogens with zero attached hydrogens (tertiary/aromatic N) is 1. The number of carbonyl (C=O) groups excluding carboxylic acids is 4. The van der Waals surface area contributed by atoms with Gasteiger partial charge in [0, 0.05) is 42.7 Å². The predicted octanol–water partition coefficient (Wildman–Crippen LogP) is 2.68. The molecule has 3 aliphatic rings. The van der Waals surface area contributed by atoms with E-state index < -0.39 is 64.4 Å². The molecular weight excluding hydrogens is 568 g/mol. The molecule has 0 radical (unpaired) electrons. The Morgan fingerprint density at radius 1 is 1.12 bits per heavy atom. The number of hydrogen-bond acceptors (Lipinski definition) is 10. The molecule has 5 rings (SSSR count). The van der Waals surface area contributed by atoms with Crippen molar-refractivity contribution < 1.29 is 44.3 Å². The van der Waals surface area contributed by atoms with E-state index in [9.17, 15) is 39.6 Å². The molecule has 220 valence electrons. The number of rotatable bonds is 6. The normalized spacial score (nSPS) is 23.2. The number of hydrogen-bond donors (Lipinski definition) is 5. The zero-order chi connectivity index (χ0) is 30.7. The molecular formula is C30H29ClN2O9. The van der Waals surface area contributed by atoms with E-state index in [0.29, 0.717) is 27.6 Å². The lowest BCUT2D eigenvalue weighted by Crippen LogP contribution is -2.58. The highest BCUT2D eigenvalue weighted by Gasteiger charge is 2.60. The number of aliphatic hydroxyl groups is 3. The highest BCUT2D eigenvalue weighted by atomic mass is 35.5. The molecule has 0 aromatic heterocycles. The number of aromatic hydroxyl groups is 1. The van der Waals surface area contributed by atoms with Crippen molar-refractivity contribution in [2.75, 3.05) is 19.0 Å². The number of carbonyl (C=O) groups is 4. The lowest BCUT2D eigenvalue weighted by molar-refractivity contribution is -0.147. The number of esters is 1. The van der Waals surface area contributed by atoms with Crippen LogP contribution in [0, 0.1) is 11.8 Å². The monoisotopic (exact) mass is 596 g/mol. The van der Waals surface area contributed by atoms with Gasteiger partial charge in [-0.1, -0.05) is 11.6 Å². The van der Waals surface area contributed by atoms with Crippen molar-refractivity contribution >= 4 is 46.5 Å². The highest BCUT2D eigenvalue weighted by Crippen LogP contribution is 2.53. The van der Waals surface area contributed by atoms with Crippen molar-refractivity contribution in [3.05, 3.63) is 69.0 Å². The Kier molecular flexibility index (Phi) is 7.28. The maximum absolute atomic E-state index is 13.8. The van der Waals surface area contributed by atoms with E-state index in [2.05, 4.69) is 0 Å². The van der Waals surface area contributed by atoms with Gasteiger partial charge in [-0.15, -0.1) is 0 Å². The van der Waals surface area contributed by atoms with E-state index in [1.165, 1.54) is 0 Å². The average Bonchev–Trinajstić information content (AvgIpc) is 2.91. The van der Waals surface area contributed by atoms with Gasteiger partial charge in [-0.05, 0) is 66.6 Å². The molecule has 12 heteroatoms. The first-order valence-electron chi connectivity index (χ1n) is 13.2. The second-order valence-electron chi connectivity index (χ2n) is 11.0. The van der Waals surface area contributed by atoms with E-state index in [0.717, 1.165) is 0 Å². The molecule has 2 aromatic rings. The van der Waals surface area contributed by atoms with E-state index in [-0.39, 0.29) is 42.6 Å². The van der Waals surface area contributed by atoms with Gasteiger partial charge in [0.2, 0.25) is 5.78 Å². The maximum Gasteiger partial charge on any atom is 0.311 e. The number of fused-ring (bicyclic) bond motifs is 3. The molecule has 11 nitrogen and oxygen atoms in total. The van der Waals surface area contributed by atoms with Gasteiger partial charge in [-0.2, -0.15) is 0 Å². The van der Waals surface area contributed by atoms with Crippen molar-refractivity contribution in [2.45, 2.75) is 37.7 Å². The van der Waals surface area contributed by atoms with Crippen LogP contribution in [0.5, 0.6) is 11.5 Å². The smallest absolute Gasteiger partial charge is 0.311 e. The predicted molar refractivity (Wildman–Crippen MR) is 151 cm³/mol. The van der Waals surface area contributed by atoms with Crippen molar-refractivity contribution in [2.24, 2.45) is 17.6 Å². The number of primary amides is 1. The molecule has 2 aromatic carbocycles. The van der Waals surface area contributed by atoms with Crippen LogP contribution in [-0.4, -0.2) is 63.6 Å². The van der Waals surface area contributed by atoms with Crippen LogP contribution in [0.4, 0.5) is 5.69 Å². The highest BCUT2D eigenvalue weighted by molar-refractivity contribution is 6.30. The van der Waals surface area contributed by atoms with Crippen LogP contribution in [-0.2, 0) is 32.0 Å². The van der Waals surface area contributed by atoms with Crippen molar-refractivity contribution in [3.8, 4) is 11.5 Å². The molecule has 42 heavy (non-hydrogen) atoms. The Hall–Kier alpha value is -4.35. The maximum atomic E-state index is 13.8. The molecule has 0 saturated heterocycles. The molecule has 3 aliphatic carbocycles. The number of amides is 1. The molecule has 1 fully saturated rings. The Labute approximate surface area is 245 Å². The summed E-state index contributed by atoms with van der Waals surface area (Å²) in [6.45, 7) is 0. The number of ketones is 2. The van der Waals surface area contributed by atoms with Crippen LogP contribution in [0.15, 0.2) is 47.2 Å².